The van der Waals surface area contributed by atoms with Gasteiger partial charge in [0.1, 0.15) is 17.8 Å². The van der Waals surface area contributed by atoms with E-state index in [9.17, 15) is 0 Å². The summed E-state index contributed by atoms with van der Waals surface area (Å²) in [6.07, 6.45) is 7.57. The van der Waals surface area contributed by atoms with Gasteiger partial charge in [-0.2, -0.15) is 0 Å². The highest BCUT2D eigenvalue weighted by Gasteiger charge is 2.30. The molecular weight excluding hydrogens is 697 g/mol. The van der Waals surface area contributed by atoms with Crippen molar-refractivity contribution in [2.24, 2.45) is 10.9 Å². The maximum atomic E-state index is 5.39. The molecule has 0 spiro atoms. The van der Waals surface area contributed by atoms with Crippen molar-refractivity contribution in [3.63, 3.8) is 0 Å². The molecule has 0 saturated carbocycles. The summed E-state index contributed by atoms with van der Waals surface area (Å²) in [5.74, 6) is 2.10. The largest absolute Gasteiger partial charge is 0.354 e. The van der Waals surface area contributed by atoms with Crippen LogP contribution in [0.2, 0.25) is 0 Å². The number of nitrogens with zero attached hydrogens (tertiary/aromatic N) is 3. The second kappa shape index (κ2) is 12.7. The van der Waals surface area contributed by atoms with Crippen molar-refractivity contribution in [3.8, 4) is 11.5 Å². The molecular formula is C51H38N6. The van der Waals surface area contributed by atoms with Gasteiger partial charge in [-0.3, -0.25) is 9.88 Å². The van der Waals surface area contributed by atoms with Gasteiger partial charge in [-0.05, 0) is 81.7 Å². The van der Waals surface area contributed by atoms with Crippen LogP contribution in [-0.2, 0) is 0 Å². The Hall–Kier alpha value is -7.15. The van der Waals surface area contributed by atoms with E-state index in [1.165, 1.54) is 53.8 Å². The van der Waals surface area contributed by atoms with E-state index in [-0.39, 0.29) is 18.2 Å². The van der Waals surface area contributed by atoms with Crippen LogP contribution in [0.15, 0.2) is 175 Å². The lowest BCUT2D eigenvalue weighted by Gasteiger charge is -2.35. The van der Waals surface area contributed by atoms with Gasteiger partial charge in [-0.15, -0.1) is 0 Å². The lowest BCUT2D eigenvalue weighted by Crippen LogP contribution is -2.55. The molecule has 1 aliphatic heterocycles. The van der Waals surface area contributed by atoms with Crippen LogP contribution in [0.3, 0.4) is 0 Å². The Morgan fingerprint density at radius 2 is 1.23 bits per heavy atom. The van der Waals surface area contributed by atoms with Gasteiger partial charge >= 0.3 is 0 Å². The first-order chi connectivity index (χ1) is 28.2. The van der Waals surface area contributed by atoms with E-state index < -0.39 is 0 Å². The summed E-state index contributed by atoms with van der Waals surface area (Å²) >= 11 is 0. The van der Waals surface area contributed by atoms with Gasteiger partial charge in [0, 0.05) is 44.9 Å². The first-order valence-electron chi connectivity index (χ1n) is 19.8. The van der Waals surface area contributed by atoms with Crippen molar-refractivity contribution < 1.29 is 0 Å². The van der Waals surface area contributed by atoms with Crippen LogP contribution in [0.4, 0.5) is 0 Å². The standard InChI is InChI=1S/C51H38N6/c1-2-16-39(17-3-1)56-44-20-10-8-18-40(44)42-29-43-41-19-9-11-21-45(41)57(47(43)30-46(42)56)48-28-38(31-52-48)51-54-49(36-24-22-32-12-4-6-14-34(32)26-36)53-50(55-51)37-25-23-33-13-5-7-15-35(33)27-37/h1-24,26-31,37,49-50,52-53H,25H2,(H,54,55). The van der Waals surface area contributed by atoms with Crippen molar-refractivity contribution in [3.05, 3.63) is 192 Å². The molecule has 6 heteroatoms. The molecule has 0 fully saturated rings. The van der Waals surface area contributed by atoms with E-state index in [0.717, 1.165) is 45.9 Å². The van der Waals surface area contributed by atoms with E-state index in [4.69, 9.17) is 4.99 Å². The molecule has 3 N–H and O–H groups in total. The highest BCUT2D eigenvalue weighted by atomic mass is 15.3. The molecule has 12 rings (SSSR count). The Kier molecular flexibility index (Phi) is 7.16. The van der Waals surface area contributed by atoms with E-state index in [0.29, 0.717) is 0 Å². The highest BCUT2D eigenvalue weighted by molar-refractivity contribution is 6.19. The number of nitrogens with one attached hydrogen (secondary N) is 3. The number of aromatic amines is 1. The molecule has 0 bridgehead atoms. The third-order valence-corrected chi connectivity index (χ3v) is 12.1. The number of fused-ring (bicyclic) bond motifs is 8. The number of aromatic nitrogens is 3. The minimum absolute atomic E-state index is 0.0293. The normalized spacial score (nSPS) is 18.0. The SMILES string of the molecule is C1=c2ccccc2=CC(C2NC(c3c[nH]c(-n4c5ccccc5c5cc6c7ccccc7n(-c7ccccc7)c6cc54)c3)=NC(c3ccc4ccccc4c3)N2)C1. The van der Waals surface area contributed by atoms with E-state index >= 15 is 0 Å². The Bertz CT molecular complexity index is 3360. The molecule has 2 aliphatic rings. The number of hydrogen-bond donors (Lipinski definition) is 3. The van der Waals surface area contributed by atoms with Crippen LogP contribution < -0.4 is 21.1 Å². The molecule has 3 aromatic heterocycles. The molecule has 10 aromatic rings. The topological polar surface area (TPSA) is 62.1 Å². The maximum Gasteiger partial charge on any atom is 0.133 e. The molecule has 4 heterocycles. The van der Waals surface area contributed by atoms with Crippen LogP contribution >= 0.6 is 0 Å². The van der Waals surface area contributed by atoms with Crippen molar-refractivity contribution in [2.45, 2.75) is 18.8 Å². The second-order valence-corrected chi connectivity index (χ2v) is 15.4. The number of hydrogen-bond acceptors (Lipinski definition) is 3. The van der Waals surface area contributed by atoms with Crippen LogP contribution in [-0.4, -0.2) is 26.1 Å². The quantitative estimate of drug-likeness (QED) is 0.165. The highest BCUT2D eigenvalue weighted by Crippen LogP contribution is 2.39. The average molecular weight is 735 g/mol. The van der Waals surface area contributed by atoms with Crippen molar-refractivity contribution in [1.29, 1.82) is 0 Å². The number of rotatable bonds is 5. The van der Waals surface area contributed by atoms with Crippen LogP contribution in [0, 0.1) is 5.92 Å². The van der Waals surface area contributed by atoms with Crippen molar-refractivity contribution in [1.82, 2.24) is 24.8 Å². The summed E-state index contributed by atoms with van der Waals surface area (Å²) in [6, 6.07) is 59.1. The Balaban J connectivity index is 1.01. The third-order valence-electron chi connectivity index (χ3n) is 12.1. The third kappa shape index (κ3) is 5.18. The average Bonchev–Trinajstić information content (AvgIpc) is 3.98. The predicted molar refractivity (Wildman–Crippen MR) is 235 cm³/mol. The minimum Gasteiger partial charge on any atom is -0.354 e. The minimum atomic E-state index is -0.221. The summed E-state index contributed by atoms with van der Waals surface area (Å²) in [7, 11) is 0. The van der Waals surface area contributed by atoms with Crippen LogP contribution in [0.1, 0.15) is 23.7 Å². The van der Waals surface area contributed by atoms with Crippen molar-refractivity contribution in [2.75, 3.05) is 0 Å². The fourth-order valence-electron chi connectivity index (χ4n) is 9.34. The summed E-state index contributed by atoms with van der Waals surface area (Å²) in [5, 5.41) is 17.7. The second-order valence-electron chi connectivity index (χ2n) is 15.4. The molecule has 1 aliphatic carbocycles. The van der Waals surface area contributed by atoms with E-state index in [1.807, 2.05) is 0 Å². The molecule has 3 unspecified atom stereocenters. The lowest BCUT2D eigenvalue weighted by atomic mass is 9.93. The molecule has 6 nitrogen and oxygen atoms in total. The zero-order valence-corrected chi connectivity index (χ0v) is 31.1. The predicted octanol–water partition coefficient (Wildman–Crippen LogP) is 9.61. The summed E-state index contributed by atoms with van der Waals surface area (Å²) in [4.78, 5) is 9.08. The first kappa shape index (κ1) is 32.1. The Morgan fingerprint density at radius 1 is 0.544 bits per heavy atom. The van der Waals surface area contributed by atoms with Gasteiger partial charge in [0.25, 0.3) is 0 Å². The van der Waals surface area contributed by atoms with Gasteiger partial charge in [0.2, 0.25) is 0 Å². The molecule has 0 amide bonds. The molecule has 7 aromatic carbocycles. The summed E-state index contributed by atoms with van der Waals surface area (Å²) in [5.41, 5.74) is 8.00. The van der Waals surface area contributed by atoms with Gasteiger partial charge < -0.3 is 14.9 Å². The summed E-state index contributed by atoms with van der Waals surface area (Å²) < 4.78 is 4.77. The van der Waals surface area contributed by atoms with Crippen LogP contribution in [0.25, 0.3) is 78.0 Å². The van der Waals surface area contributed by atoms with Crippen LogP contribution in [0.5, 0.6) is 0 Å². The molecule has 272 valence electrons. The maximum absolute atomic E-state index is 5.39. The molecule has 57 heavy (non-hydrogen) atoms. The zero-order valence-electron chi connectivity index (χ0n) is 31.1. The van der Waals surface area contributed by atoms with Gasteiger partial charge in [0.05, 0.1) is 28.2 Å². The van der Waals surface area contributed by atoms with Gasteiger partial charge in [-0.25, -0.2) is 4.99 Å². The fraction of sp³-hybridized carbons (Fsp3) is 0.0784. The first-order valence-corrected chi connectivity index (χ1v) is 19.8. The number of para-hydroxylation sites is 3. The molecule has 0 saturated heterocycles. The van der Waals surface area contributed by atoms with Gasteiger partial charge in [0.15, 0.2) is 0 Å². The monoisotopic (exact) mass is 734 g/mol. The van der Waals surface area contributed by atoms with E-state index in [1.54, 1.807) is 0 Å². The fourth-order valence-corrected chi connectivity index (χ4v) is 9.34. The molecule has 0 radical (unpaired) electrons. The Morgan fingerprint density at radius 3 is 2.05 bits per heavy atom. The number of amidine groups is 1. The lowest BCUT2D eigenvalue weighted by molar-refractivity contribution is 0.342. The molecule has 3 atom stereocenters. The van der Waals surface area contributed by atoms with Crippen molar-refractivity contribution >= 4 is 72.4 Å². The number of H-pyrrole nitrogens is 1. The number of benzene rings is 7. The smallest absolute Gasteiger partial charge is 0.133 e. The summed E-state index contributed by atoms with van der Waals surface area (Å²) in [6.45, 7) is 0. The van der Waals surface area contributed by atoms with Gasteiger partial charge in [-0.1, -0.05) is 127 Å². The van der Waals surface area contributed by atoms with E-state index in [2.05, 4.69) is 207 Å². The zero-order chi connectivity index (χ0) is 37.5. The number of aliphatic imine (C=N–C) groups is 1. The Labute approximate surface area is 328 Å².